The Morgan fingerprint density at radius 3 is 0.929 bits per heavy atom. The highest BCUT2D eigenvalue weighted by molar-refractivity contribution is 5.56. The van der Waals surface area contributed by atoms with Gasteiger partial charge in [-0.2, -0.15) is 15.8 Å². The number of nitrogens with zero attached hydrogens (tertiary/aromatic N) is 3. The van der Waals surface area contributed by atoms with Crippen molar-refractivity contribution in [1.29, 1.82) is 15.8 Å². The van der Waals surface area contributed by atoms with Gasteiger partial charge in [-0.1, -0.05) is 36.4 Å². The van der Waals surface area contributed by atoms with Gasteiger partial charge in [0.2, 0.25) is 0 Å². The topological polar surface area (TPSA) is 107 Å². The summed E-state index contributed by atoms with van der Waals surface area (Å²) in [5.74, 6) is -0.0385. The highest BCUT2D eigenvalue weighted by Gasteiger charge is 2.17. The van der Waals surface area contributed by atoms with E-state index in [-0.39, 0.29) is 5.92 Å². The lowest BCUT2D eigenvalue weighted by molar-refractivity contribution is 0.978. The number of anilines is 3. The van der Waals surface area contributed by atoms with Crippen LogP contribution < -0.4 is 16.0 Å². The maximum absolute atomic E-state index is 8.77. The van der Waals surface area contributed by atoms with Crippen LogP contribution >= 0.6 is 0 Å². The summed E-state index contributed by atoms with van der Waals surface area (Å²) >= 11 is 0. The zero-order valence-electron chi connectivity index (χ0n) is 14.8. The summed E-state index contributed by atoms with van der Waals surface area (Å²) < 4.78 is 0. The highest BCUT2D eigenvalue weighted by Crippen LogP contribution is 2.33. The van der Waals surface area contributed by atoms with Crippen molar-refractivity contribution in [3.05, 3.63) is 89.5 Å². The molecule has 6 heteroatoms. The van der Waals surface area contributed by atoms with Crippen molar-refractivity contribution in [2.45, 2.75) is 5.92 Å². The molecule has 6 nitrogen and oxygen atoms in total. The number of hydrogen-bond acceptors (Lipinski definition) is 6. The zero-order chi connectivity index (χ0) is 19.8. The van der Waals surface area contributed by atoms with E-state index < -0.39 is 0 Å². The van der Waals surface area contributed by atoms with Gasteiger partial charge in [-0.05, 0) is 53.1 Å². The molecule has 0 bridgehead atoms. The predicted octanol–water partition coefficient (Wildman–Crippen LogP) is 4.55. The number of benzene rings is 3. The Labute approximate surface area is 163 Å². The van der Waals surface area contributed by atoms with Gasteiger partial charge < -0.3 is 0 Å². The average Bonchev–Trinajstić information content (AvgIpc) is 2.73. The first-order valence-corrected chi connectivity index (χ1v) is 8.50. The van der Waals surface area contributed by atoms with Gasteiger partial charge in [0.05, 0.1) is 0 Å². The first-order valence-electron chi connectivity index (χ1n) is 8.50. The van der Waals surface area contributed by atoms with Gasteiger partial charge in [0, 0.05) is 23.0 Å². The van der Waals surface area contributed by atoms with Crippen molar-refractivity contribution < 1.29 is 0 Å². The fourth-order valence-corrected chi connectivity index (χ4v) is 3.05. The zero-order valence-corrected chi connectivity index (χ0v) is 14.8. The second kappa shape index (κ2) is 8.76. The van der Waals surface area contributed by atoms with Crippen LogP contribution in [-0.4, -0.2) is 0 Å². The molecule has 0 saturated heterocycles. The fourth-order valence-electron chi connectivity index (χ4n) is 3.05. The summed E-state index contributed by atoms with van der Waals surface area (Å²) in [6, 6.07) is 23.1. The largest absolute Gasteiger partial charge is 0.293 e. The van der Waals surface area contributed by atoms with Crippen LogP contribution in [-0.2, 0) is 0 Å². The molecule has 0 aromatic heterocycles. The van der Waals surface area contributed by atoms with Crippen LogP contribution in [0.2, 0.25) is 0 Å². The number of rotatable bonds is 6. The number of nitriles is 3. The summed E-state index contributed by atoms with van der Waals surface area (Å²) in [7, 11) is 0. The first-order chi connectivity index (χ1) is 13.7. The van der Waals surface area contributed by atoms with Crippen LogP contribution in [0, 0.1) is 34.4 Å². The Kier molecular flexibility index (Phi) is 5.73. The molecule has 0 aliphatic carbocycles. The van der Waals surface area contributed by atoms with Gasteiger partial charge in [-0.15, -0.1) is 0 Å². The fraction of sp³-hybridized carbons (Fsp3) is 0.0455. The lowest BCUT2D eigenvalue weighted by Crippen LogP contribution is -2.04. The third-order valence-electron chi connectivity index (χ3n) is 4.33. The standard InChI is InChI=1S/C22H16N6/c23-13-26-19-7-1-16(2-8-19)22(17-3-9-20(10-4-17)27-14-24)18-5-11-21(12-6-18)28-15-25/h1-12,22,26-28H. The van der Waals surface area contributed by atoms with E-state index in [1.54, 1.807) is 0 Å². The minimum Gasteiger partial charge on any atom is -0.293 e. The van der Waals surface area contributed by atoms with Gasteiger partial charge >= 0.3 is 0 Å². The van der Waals surface area contributed by atoms with E-state index in [1.165, 1.54) is 0 Å². The number of hydrogen-bond donors (Lipinski definition) is 3. The van der Waals surface area contributed by atoms with E-state index in [4.69, 9.17) is 15.8 Å². The molecule has 0 radical (unpaired) electrons. The van der Waals surface area contributed by atoms with Gasteiger partial charge in [0.25, 0.3) is 0 Å². The Bertz CT molecular complexity index is 908. The summed E-state index contributed by atoms with van der Waals surface area (Å²) in [4.78, 5) is 0. The van der Waals surface area contributed by atoms with Crippen LogP contribution in [0.15, 0.2) is 72.8 Å². The molecule has 0 aliphatic rings. The monoisotopic (exact) mass is 364 g/mol. The van der Waals surface area contributed by atoms with E-state index in [9.17, 15) is 0 Å². The molecule has 0 saturated carbocycles. The lowest BCUT2D eigenvalue weighted by Gasteiger charge is -2.20. The molecule has 3 rings (SSSR count). The quantitative estimate of drug-likeness (QED) is 0.336. The Balaban J connectivity index is 2.01. The molecule has 0 fully saturated rings. The van der Waals surface area contributed by atoms with Crippen LogP contribution in [0.1, 0.15) is 22.6 Å². The molecule has 0 heterocycles. The molecule has 28 heavy (non-hydrogen) atoms. The Morgan fingerprint density at radius 2 is 0.714 bits per heavy atom. The summed E-state index contributed by atoms with van der Waals surface area (Å²) in [5.41, 5.74) is 5.37. The van der Waals surface area contributed by atoms with E-state index in [0.29, 0.717) is 0 Å². The second-order valence-electron chi connectivity index (χ2n) is 6.01. The Hall–Kier alpha value is -4.47. The van der Waals surface area contributed by atoms with E-state index in [1.807, 2.05) is 91.4 Å². The molecule has 0 aliphatic heterocycles. The normalized spacial score (nSPS) is 9.64. The minimum atomic E-state index is -0.0385. The third kappa shape index (κ3) is 4.19. The average molecular weight is 364 g/mol. The van der Waals surface area contributed by atoms with E-state index in [0.717, 1.165) is 33.8 Å². The molecule has 3 N–H and O–H groups in total. The van der Waals surface area contributed by atoms with Crippen molar-refractivity contribution in [2.24, 2.45) is 0 Å². The number of nitrogens with one attached hydrogen (secondary N) is 3. The third-order valence-corrected chi connectivity index (χ3v) is 4.33. The van der Waals surface area contributed by atoms with Gasteiger partial charge in [0.1, 0.15) is 0 Å². The van der Waals surface area contributed by atoms with Crippen molar-refractivity contribution in [2.75, 3.05) is 16.0 Å². The van der Waals surface area contributed by atoms with Crippen LogP contribution in [0.5, 0.6) is 0 Å². The maximum atomic E-state index is 8.77. The second-order valence-corrected chi connectivity index (χ2v) is 6.01. The maximum Gasteiger partial charge on any atom is 0.181 e. The van der Waals surface area contributed by atoms with Crippen LogP contribution in [0.25, 0.3) is 0 Å². The molecular weight excluding hydrogens is 348 g/mol. The van der Waals surface area contributed by atoms with E-state index in [2.05, 4.69) is 16.0 Å². The predicted molar refractivity (Wildman–Crippen MR) is 108 cm³/mol. The lowest BCUT2D eigenvalue weighted by atomic mass is 9.85. The summed E-state index contributed by atoms with van der Waals surface area (Å²) in [6.07, 6.45) is 5.75. The van der Waals surface area contributed by atoms with Gasteiger partial charge in [0.15, 0.2) is 18.6 Å². The highest BCUT2D eigenvalue weighted by atomic mass is 14.9. The van der Waals surface area contributed by atoms with Crippen LogP contribution in [0.3, 0.4) is 0 Å². The molecular formula is C22H16N6. The van der Waals surface area contributed by atoms with E-state index >= 15 is 0 Å². The smallest absolute Gasteiger partial charge is 0.181 e. The van der Waals surface area contributed by atoms with Crippen molar-refractivity contribution >= 4 is 17.1 Å². The van der Waals surface area contributed by atoms with Crippen LogP contribution in [0.4, 0.5) is 17.1 Å². The molecule has 0 amide bonds. The SMILES string of the molecule is N#CNc1ccc(C(c2ccc(NC#N)cc2)c2ccc(NC#N)cc2)cc1. The Morgan fingerprint density at radius 1 is 0.464 bits per heavy atom. The summed E-state index contributed by atoms with van der Waals surface area (Å²) in [5, 5.41) is 34.2. The molecule has 0 spiro atoms. The van der Waals surface area contributed by atoms with Gasteiger partial charge in [-0.3, -0.25) is 16.0 Å². The first kappa shape index (κ1) is 18.3. The van der Waals surface area contributed by atoms with Crippen molar-refractivity contribution in [1.82, 2.24) is 0 Å². The van der Waals surface area contributed by atoms with Crippen molar-refractivity contribution in [3.8, 4) is 18.6 Å². The van der Waals surface area contributed by atoms with Gasteiger partial charge in [-0.25, -0.2) is 0 Å². The molecule has 0 atom stereocenters. The molecule has 3 aromatic carbocycles. The minimum absolute atomic E-state index is 0.0385. The van der Waals surface area contributed by atoms with Crippen molar-refractivity contribution in [3.63, 3.8) is 0 Å². The molecule has 0 unspecified atom stereocenters. The summed E-state index contributed by atoms with van der Waals surface area (Å²) in [6.45, 7) is 0. The molecule has 134 valence electrons. The molecule has 3 aromatic rings.